The number of sulfonamides is 1. The molecule has 156 valence electrons. The zero-order chi connectivity index (χ0) is 21.0. The van der Waals surface area contributed by atoms with E-state index in [1.807, 2.05) is 26.0 Å². The van der Waals surface area contributed by atoms with Crippen LogP contribution in [-0.2, 0) is 14.8 Å². The topological polar surface area (TPSA) is 60.9 Å². The van der Waals surface area contributed by atoms with Gasteiger partial charge in [0, 0.05) is 26.2 Å². The molecule has 0 aromatic heterocycles. The molecule has 0 atom stereocenters. The summed E-state index contributed by atoms with van der Waals surface area (Å²) in [6, 6.07) is 13.9. The minimum atomic E-state index is -3.86. The van der Waals surface area contributed by atoms with Crippen LogP contribution in [0.1, 0.15) is 18.1 Å². The maximum atomic E-state index is 13.4. The van der Waals surface area contributed by atoms with Gasteiger partial charge in [0.25, 0.3) is 10.0 Å². The van der Waals surface area contributed by atoms with Crippen molar-refractivity contribution >= 4 is 21.6 Å². The van der Waals surface area contributed by atoms with E-state index in [0.717, 1.165) is 30.8 Å². The summed E-state index contributed by atoms with van der Waals surface area (Å²) in [6.07, 6.45) is 0. The summed E-state index contributed by atoms with van der Waals surface area (Å²) in [5.41, 5.74) is 2.42. The zero-order valence-electron chi connectivity index (χ0n) is 17.3. The van der Waals surface area contributed by atoms with Gasteiger partial charge in [-0.2, -0.15) is 0 Å². The fourth-order valence-corrected chi connectivity index (χ4v) is 5.14. The average Bonchev–Trinajstić information content (AvgIpc) is 2.73. The summed E-state index contributed by atoms with van der Waals surface area (Å²) in [5.74, 6) is -0.166. The number of nitrogens with zero attached hydrogens (tertiary/aromatic N) is 3. The molecule has 6 nitrogen and oxygen atoms in total. The van der Waals surface area contributed by atoms with Gasteiger partial charge in [0.15, 0.2) is 0 Å². The monoisotopic (exact) mass is 415 g/mol. The Morgan fingerprint density at radius 3 is 2.24 bits per heavy atom. The van der Waals surface area contributed by atoms with Crippen molar-refractivity contribution in [1.82, 2.24) is 9.80 Å². The SMILES string of the molecule is CCN1CCN(C(=O)CN(c2ccc(C)cc2C)S(=O)(=O)c2ccccc2)CC1. The molecule has 1 aliphatic rings. The number of carbonyl (C=O) groups excluding carboxylic acids is 1. The molecule has 7 heteroatoms. The van der Waals surface area contributed by atoms with Gasteiger partial charge in [0.1, 0.15) is 6.54 Å². The first-order chi connectivity index (χ1) is 13.8. The molecule has 0 unspecified atom stereocenters. The van der Waals surface area contributed by atoms with Gasteiger partial charge in [-0.15, -0.1) is 0 Å². The highest BCUT2D eigenvalue weighted by atomic mass is 32.2. The largest absolute Gasteiger partial charge is 0.339 e. The molecule has 3 rings (SSSR count). The van der Waals surface area contributed by atoms with Crippen LogP contribution in [-0.4, -0.2) is 63.4 Å². The van der Waals surface area contributed by atoms with Gasteiger partial charge in [-0.3, -0.25) is 9.10 Å². The van der Waals surface area contributed by atoms with Crippen LogP contribution < -0.4 is 4.31 Å². The number of hydrogen-bond acceptors (Lipinski definition) is 4. The van der Waals surface area contributed by atoms with Crippen LogP contribution in [0.15, 0.2) is 53.4 Å². The van der Waals surface area contributed by atoms with E-state index in [1.54, 1.807) is 41.3 Å². The smallest absolute Gasteiger partial charge is 0.264 e. The summed E-state index contributed by atoms with van der Waals surface area (Å²) in [7, 11) is -3.86. The van der Waals surface area contributed by atoms with Crippen LogP contribution in [0.25, 0.3) is 0 Å². The van der Waals surface area contributed by atoms with E-state index in [4.69, 9.17) is 0 Å². The summed E-state index contributed by atoms with van der Waals surface area (Å²) >= 11 is 0. The second-order valence-corrected chi connectivity index (χ2v) is 9.29. The number of amides is 1. The predicted octanol–water partition coefficient (Wildman–Crippen LogP) is 2.66. The second kappa shape index (κ2) is 8.97. The Balaban J connectivity index is 1.92. The van der Waals surface area contributed by atoms with Crippen molar-refractivity contribution in [3.05, 3.63) is 59.7 Å². The molecule has 2 aromatic rings. The number of benzene rings is 2. The molecule has 2 aromatic carbocycles. The Labute approximate surface area is 173 Å². The Morgan fingerprint density at radius 1 is 1.00 bits per heavy atom. The highest BCUT2D eigenvalue weighted by Gasteiger charge is 2.30. The van der Waals surface area contributed by atoms with E-state index in [2.05, 4.69) is 11.8 Å². The molecule has 0 radical (unpaired) electrons. The van der Waals surface area contributed by atoms with Crippen molar-refractivity contribution < 1.29 is 13.2 Å². The van der Waals surface area contributed by atoms with Crippen molar-refractivity contribution in [2.75, 3.05) is 43.6 Å². The molecule has 0 bridgehead atoms. The van der Waals surface area contributed by atoms with E-state index in [-0.39, 0.29) is 17.3 Å². The van der Waals surface area contributed by atoms with E-state index >= 15 is 0 Å². The van der Waals surface area contributed by atoms with Gasteiger partial charge in [-0.1, -0.05) is 42.8 Å². The molecule has 0 aliphatic carbocycles. The Kier molecular flexibility index (Phi) is 6.59. The highest BCUT2D eigenvalue weighted by Crippen LogP contribution is 2.27. The first kappa shape index (κ1) is 21.3. The predicted molar refractivity (Wildman–Crippen MR) is 116 cm³/mol. The molecule has 0 N–H and O–H groups in total. The lowest BCUT2D eigenvalue weighted by Gasteiger charge is -2.35. The molecule has 1 saturated heterocycles. The van der Waals surface area contributed by atoms with Crippen LogP contribution in [0, 0.1) is 13.8 Å². The minimum absolute atomic E-state index is 0.166. The Hall–Kier alpha value is -2.38. The standard InChI is InChI=1S/C22H29N3O3S/c1-4-23-12-14-24(15-13-23)22(26)17-25(21-11-10-18(2)16-19(21)3)29(27,28)20-8-6-5-7-9-20/h5-11,16H,4,12-15,17H2,1-3H3. The lowest BCUT2D eigenvalue weighted by Crippen LogP contribution is -2.51. The van der Waals surface area contributed by atoms with Gasteiger partial charge in [0.05, 0.1) is 10.6 Å². The second-order valence-electron chi connectivity index (χ2n) is 7.43. The van der Waals surface area contributed by atoms with Gasteiger partial charge < -0.3 is 9.80 Å². The number of anilines is 1. The van der Waals surface area contributed by atoms with E-state index in [0.29, 0.717) is 18.8 Å². The summed E-state index contributed by atoms with van der Waals surface area (Å²) in [4.78, 5) is 17.3. The van der Waals surface area contributed by atoms with Crippen LogP contribution in [0.5, 0.6) is 0 Å². The van der Waals surface area contributed by atoms with Gasteiger partial charge in [-0.05, 0) is 44.2 Å². The van der Waals surface area contributed by atoms with Gasteiger partial charge in [0.2, 0.25) is 5.91 Å². The van der Waals surface area contributed by atoms with Crippen LogP contribution in [0.4, 0.5) is 5.69 Å². The minimum Gasteiger partial charge on any atom is -0.339 e. The fourth-order valence-electron chi connectivity index (χ4n) is 3.64. The third-order valence-corrected chi connectivity index (χ3v) is 7.18. The summed E-state index contributed by atoms with van der Waals surface area (Å²) in [5, 5.41) is 0. The van der Waals surface area contributed by atoms with Crippen molar-refractivity contribution in [2.45, 2.75) is 25.7 Å². The fraction of sp³-hybridized carbons (Fsp3) is 0.409. The molecule has 0 saturated carbocycles. The van der Waals surface area contributed by atoms with Crippen molar-refractivity contribution in [3.63, 3.8) is 0 Å². The maximum Gasteiger partial charge on any atom is 0.264 e. The third kappa shape index (κ3) is 4.79. The quantitative estimate of drug-likeness (QED) is 0.728. The van der Waals surface area contributed by atoms with Crippen molar-refractivity contribution in [1.29, 1.82) is 0 Å². The van der Waals surface area contributed by atoms with Crippen LogP contribution >= 0.6 is 0 Å². The lowest BCUT2D eigenvalue weighted by molar-refractivity contribution is -0.131. The third-order valence-electron chi connectivity index (χ3n) is 5.40. The first-order valence-corrected chi connectivity index (χ1v) is 11.4. The molecule has 0 spiro atoms. The molecule has 1 amide bonds. The number of likely N-dealkylation sites (N-methyl/N-ethyl adjacent to an activating group) is 1. The number of hydrogen-bond donors (Lipinski definition) is 0. The number of piperazine rings is 1. The lowest BCUT2D eigenvalue weighted by atomic mass is 10.1. The van der Waals surface area contributed by atoms with Crippen LogP contribution in [0.3, 0.4) is 0 Å². The van der Waals surface area contributed by atoms with Crippen molar-refractivity contribution in [2.24, 2.45) is 0 Å². The number of rotatable bonds is 6. The van der Waals surface area contributed by atoms with Crippen molar-refractivity contribution in [3.8, 4) is 0 Å². The number of aryl methyl sites for hydroxylation is 2. The highest BCUT2D eigenvalue weighted by molar-refractivity contribution is 7.92. The molecular weight excluding hydrogens is 386 g/mol. The molecule has 29 heavy (non-hydrogen) atoms. The van der Waals surface area contributed by atoms with Gasteiger partial charge >= 0.3 is 0 Å². The summed E-state index contributed by atoms with van der Waals surface area (Å²) in [6.45, 7) is 9.58. The molecule has 1 heterocycles. The van der Waals surface area contributed by atoms with E-state index in [1.165, 1.54) is 4.31 Å². The van der Waals surface area contributed by atoms with Gasteiger partial charge in [-0.25, -0.2) is 8.42 Å². The molecule has 1 fully saturated rings. The van der Waals surface area contributed by atoms with E-state index < -0.39 is 10.0 Å². The Bertz CT molecular complexity index is 953. The summed E-state index contributed by atoms with van der Waals surface area (Å²) < 4.78 is 28.1. The maximum absolute atomic E-state index is 13.4. The molecular formula is C22H29N3O3S. The normalized spacial score (nSPS) is 15.3. The first-order valence-electron chi connectivity index (χ1n) is 9.98. The Morgan fingerprint density at radius 2 is 1.66 bits per heavy atom. The van der Waals surface area contributed by atoms with E-state index in [9.17, 15) is 13.2 Å². The van der Waals surface area contributed by atoms with Crippen LogP contribution in [0.2, 0.25) is 0 Å². The average molecular weight is 416 g/mol. The number of carbonyl (C=O) groups is 1. The molecule has 1 aliphatic heterocycles. The zero-order valence-corrected chi connectivity index (χ0v) is 18.2.